The molecular formula is C29H35N3O4S. The fourth-order valence-corrected chi connectivity index (χ4v) is 5.54. The number of benzene rings is 3. The number of hydrogen-bond acceptors (Lipinski definition) is 4. The van der Waals surface area contributed by atoms with Gasteiger partial charge in [-0.05, 0) is 56.5 Å². The number of hydrogen-bond donors (Lipinski definition) is 1. The third-order valence-corrected chi connectivity index (χ3v) is 8.02. The zero-order valence-electron chi connectivity index (χ0n) is 21.8. The molecule has 0 spiro atoms. The molecule has 0 heterocycles. The molecule has 0 bridgehead atoms. The first-order valence-electron chi connectivity index (χ1n) is 12.5. The lowest BCUT2D eigenvalue weighted by Crippen LogP contribution is -2.51. The highest BCUT2D eigenvalue weighted by molar-refractivity contribution is 7.92. The van der Waals surface area contributed by atoms with E-state index in [0.717, 1.165) is 16.7 Å². The minimum absolute atomic E-state index is 0.100. The number of nitrogens with one attached hydrogen (secondary N) is 1. The fraction of sp³-hybridized carbons (Fsp3) is 0.310. The van der Waals surface area contributed by atoms with Gasteiger partial charge in [-0.3, -0.25) is 13.9 Å². The molecule has 0 aromatic heterocycles. The SMILES string of the molecule is CCNC(=O)[C@H](C)N(Cc1ccccc1)C(=O)CN(c1ccccc1CC)S(=O)(=O)c1ccc(C)cc1. The molecule has 3 aromatic rings. The van der Waals surface area contributed by atoms with Crippen molar-refractivity contribution < 1.29 is 18.0 Å². The van der Waals surface area contributed by atoms with Crippen molar-refractivity contribution in [3.05, 3.63) is 95.6 Å². The van der Waals surface area contributed by atoms with Gasteiger partial charge in [-0.1, -0.05) is 73.2 Å². The third-order valence-electron chi connectivity index (χ3n) is 6.24. The van der Waals surface area contributed by atoms with Crippen LogP contribution in [0.2, 0.25) is 0 Å². The van der Waals surface area contributed by atoms with Crippen molar-refractivity contribution in [2.45, 2.75) is 51.6 Å². The van der Waals surface area contributed by atoms with E-state index in [1.54, 1.807) is 43.3 Å². The van der Waals surface area contributed by atoms with Crippen molar-refractivity contribution in [3.8, 4) is 0 Å². The lowest BCUT2D eigenvalue weighted by Gasteiger charge is -2.32. The van der Waals surface area contributed by atoms with Gasteiger partial charge in [0.15, 0.2) is 0 Å². The number of aryl methyl sites for hydroxylation is 2. The van der Waals surface area contributed by atoms with Gasteiger partial charge in [-0.25, -0.2) is 8.42 Å². The van der Waals surface area contributed by atoms with Crippen molar-refractivity contribution >= 4 is 27.5 Å². The molecule has 3 aromatic carbocycles. The number of carbonyl (C=O) groups is 2. The van der Waals surface area contributed by atoms with Gasteiger partial charge in [0, 0.05) is 13.1 Å². The normalized spacial score (nSPS) is 12.0. The van der Waals surface area contributed by atoms with Crippen molar-refractivity contribution in [3.63, 3.8) is 0 Å². The Hall–Kier alpha value is -3.65. The third kappa shape index (κ3) is 6.77. The Labute approximate surface area is 220 Å². The topological polar surface area (TPSA) is 86.8 Å². The van der Waals surface area contributed by atoms with Crippen LogP contribution in [-0.2, 0) is 32.6 Å². The summed E-state index contributed by atoms with van der Waals surface area (Å²) < 4.78 is 29.0. The average molecular weight is 522 g/mol. The molecule has 1 atom stereocenters. The highest BCUT2D eigenvalue weighted by atomic mass is 32.2. The van der Waals surface area contributed by atoms with E-state index in [1.165, 1.54) is 9.21 Å². The monoisotopic (exact) mass is 521 g/mol. The molecule has 3 rings (SSSR count). The molecule has 0 aliphatic rings. The molecule has 7 nitrogen and oxygen atoms in total. The van der Waals surface area contributed by atoms with Crippen LogP contribution in [0.25, 0.3) is 0 Å². The van der Waals surface area contributed by atoms with E-state index in [9.17, 15) is 18.0 Å². The van der Waals surface area contributed by atoms with Crippen LogP contribution in [0, 0.1) is 6.92 Å². The van der Waals surface area contributed by atoms with Crippen molar-refractivity contribution in [2.75, 3.05) is 17.4 Å². The quantitative estimate of drug-likeness (QED) is 0.408. The summed E-state index contributed by atoms with van der Waals surface area (Å²) in [5.41, 5.74) is 3.02. The molecular weight excluding hydrogens is 486 g/mol. The van der Waals surface area contributed by atoms with E-state index in [1.807, 2.05) is 63.2 Å². The molecule has 0 unspecified atom stereocenters. The van der Waals surface area contributed by atoms with Crippen LogP contribution < -0.4 is 9.62 Å². The van der Waals surface area contributed by atoms with Crippen LogP contribution >= 0.6 is 0 Å². The average Bonchev–Trinajstić information content (AvgIpc) is 2.90. The first kappa shape index (κ1) is 27.9. The van der Waals surface area contributed by atoms with E-state index in [2.05, 4.69) is 5.32 Å². The lowest BCUT2D eigenvalue weighted by atomic mass is 10.1. The summed E-state index contributed by atoms with van der Waals surface area (Å²) in [5, 5.41) is 2.77. The van der Waals surface area contributed by atoms with Gasteiger partial charge in [-0.15, -0.1) is 0 Å². The van der Waals surface area contributed by atoms with Crippen LogP contribution in [-0.4, -0.2) is 44.3 Å². The number of nitrogens with zero attached hydrogens (tertiary/aromatic N) is 2. The summed E-state index contributed by atoms with van der Waals surface area (Å²) in [6.07, 6.45) is 0.591. The van der Waals surface area contributed by atoms with Crippen LogP contribution in [0.1, 0.15) is 37.5 Å². The Bertz CT molecular complexity index is 1310. The van der Waals surface area contributed by atoms with Crippen LogP contribution in [0.15, 0.2) is 83.8 Å². The minimum Gasteiger partial charge on any atom is -0.355 e. The molecule has 1 N–H and O–H groups in total. The number of rotatable bonds is 11. The summed E-state index contributed by atoms with van der Waals surface area (Å²) in [6, 6.07) is 22.3. The first-order valence-corrected chi connectivity index (χ1v) is 13.9. The summed E-state index contributed by atoms with van der Waals surface area (Å²) in [7, 11) is -4.08. The maximum absolute atomic E-state index is 13.9. The standard InChI is InChI=1S/C29H35N3O4S/c1-5-25-14-10-11-15-27(25)32(37(35,36)26-18-16-22(3)17-19-26)21-28(33)31(23(4)29(34)30-6-2)20-24-12-8-7-9-13-24/h7-19,23H,5-6,20-21H2,1-4H3,(H,30,34)/t23-/m0/s1. The molecule has 0 radical (unpaired) electrons. The molecule has 0 saturated heterocycles. The minimum atomic E-state index is -4.08. The van der Waals surface area contributed by atoms with Crippen LogP contribution in [0.3, 0.4) is 0 Å². The maximum Gasteiger partial charge on any atom is 0.264 e. The first-order chi connectivity index (χ1) is 17.7. The molecule has 196 valence electrons. The van der Waals surface area contributed by atoms with Gasteiger partial charge in [-0.2, -0.15) is 0 Å². The van der Waals surface area contributed by atoms with Gasteiger partial charge in [0.05, 0.1) is 10.6 Å². The van der Waals surface area contributed by atoms with E-state index < -0.39 is 28.5 Å². The number of amides is 2. The molecule has 0 aliphatic heterocycles. The summed E-state index contributed by atoms with van der Waals surface area (Å²) in [5.74, 6) is -0.766. The second kappa shape index (κ2) is 12.5. The Morgan fingerprint density at radius 1 is 0.892 bits per heavy atom. The van der Waals surface area contributed by atoms with Crippen molar-refractivity contribution in [1.29, 1.82) is 0 Å². The van der Waals surface area contributed by atoms with Gasteiger partial charge >= 0.3 is 0 Å². The van der Waals surface area contributed by atoms with Crippen LogP contribution in [0.5, 0.6) is 0 Å². The number of para-hydroxylation sites is 1. The molecule has 37 heavy (non-hydrogen) atoms. The van der Waals surface area contributed by atoms with Crippen molar-refractivity contribution in [2.24, 2.45) is 0 Å². The smallest absolute Gasteiger partial charge is 0.264 e. The summed E-state index contributed by atoms with van der Waals surface area (Å²) in [4.78, 5) is 28.1. The maximum atomic E-state index is 13.9. The van der Waals surface area contributed by atoms with Crippen LogP contribution in [0.4, 0.5) is 5.69 Å². The van der Waals surface area contributed by atoms with E-state index in [0.29, 0.717) is 18.7 Å². The van der Waals surface area contributed by atoms with E-state index in [-0.39, 0.29) is 17.3 Å². The number of sulfonamides is 1. The second-order valence-corrected chi connectivity index (χ2v) is 10.7. The Kier molecular flexibility index (Phi) is 9.47. The number of likely N-dealkylation sites (N-methyl/N-ethyl adjacent to an activating group) is 1. The molecule has 0 saturated carbocycles. The van der Waals surface area contributed by atoms with Gasteiger partial charge in [0.25, 0.3) is 10.0 Å². The Morgan fingerprint density at radius 2 is 1.51 bits per heavy atom. The van der Waals surface area contributed by atoms with Gasteiger partial charge in [0.2, 0.25) is 11.8 Å². The predicted molar refractivity (Wildman–Crippen MR) is 147 cm³/mol. The molecule has 8 heteroatoms. The zero-order valence-corrected chi connectivity index (χ0v) is 22.7. The lowest BCUT2D eigenvalue weighted by molar-refractivity contribution is -0.139. The molecule has 0 aliphatic carbocycles. The zero-order chi connectivity index (χ0) is 27.0. The highest BCUT2D eigenvalue weighted by Gasteiger charge is 2.33. The summed E-state index contributed by atoms with van der Waals surface area (Å²) >= 11 is 0. The Morgan fingerprint density at radius 3 is 2.14 bits per heavy atom. The van der Waals surface area contributed by atoms with Gasteiger partial charge < -0.3 is 10.2 Å². The molecule has 2 amide bonds. The number of carbonyl (C=O) groups excluding carboxylic acids is 2. The predicted octanol–water partition coefficient (Wildman–Crippen LogP) is 4.31. The van der Waals surface area contributed by atoms with Crippen molar-refractivity contribution in [1.82, 2.24) is 10.2 Å². The van der Waals surface area contributed by atoms with E-state index in [4.69, 9.17) is 0 Å². The highest BCUT2D eigenvalue weighted by Crippen LogP contribution is 2.28. The van der Waals surface area contributed by atoms with E-state index >= 15 is 0 Å². The number of anilines is 1. The second-order valence-electron chi connectivity index (χ2n) is 8.88. The molecule has 0 fully saturated rings. The Balaban J connectivity index is 2.06. The fourth-order valence-electron chi connectivity index (χ4n) is 4.09. The summed E-state index contributed by atoms with van der Waals surface area (Å²) in [6.45, 7) is 7.45. The largest absolute Gasteiger partial charge is 0.355 e. The van der Waals surface area contributed by atoms with Gasteiger partial charge in [0.1, 0.15) is 12.6 Å².